The molecule has 1 rings (SSSR count). The van der Waals surface area contributed by atoms with Crippen LogP contribution in [0.25, 0.3) is 0 Å². The minimum absolute atomic E-state index is 0.193. The van der Waals surface area contributed by atoms with Gasteiger partial charge < -0.3 is 16.2 Å². The van der Waals surface area contributed by atoms with E-state index in [4.69, 9.17) is 10.8 Å². The van der Waals surface area contributed by atoms with E-state index in [1.165, 1.54) is 0 Å². The molecule has 0 heterocycles. The van der Waals surface area contributed by atoms with Gasteiger partial charge in [0, 0.05) is 12.2 Å². The lowest BCUT2D eigenvalue weighted by atomic mass is 10.0. The summed E-state index contributed by atoms with van der Waals surface area (Å²) in [7, 11) is 0. The molecular weight excluding hydrogens is 265 g/mol. The molecule has 0 unspecified atom stereocenters. The maximum atomic E-state index is 12.5. The van der Waals surface area contributed by atoms with Crippen LogP contribution in [-0.2, 0) is 6.18 Å². The van der Waals surface area contributed by atoms with Crippen LogP contribution in [0.1, 0.15) is 33.2 Å². The summed E-state index contributed by atoms with van der Waals surface area (Å²) in [5.41, 5.74) is 2.37. The molecule has 19 heavy (non-hydrogen) atoms. The predicted molar refractivity (Wildman–Crippen MR) is 60.8 cm³/mol. The molecule has 1 aromatic rings. The fourth-order valence-electron chi connectivity index (χ4n) is 1.50. The molecule has 1 aromatic carbocycles. The molecule has 0 aliphatic carbocycles. The van der Waals surface area contributed by atoms with Crippen LogP contribution in [0.4, 0.5) is 18.9 Å². The summed E-state index contributed by atoms with van der Waals surface area (Å²) in [6.45, 7) is 1.77. The highest BCUT2D eigenvalue weighted by atomic mass is 19.4. The van der Waals surface area contributed by atoms with Gasteiger partial charge in [-0.1, -0.05) is 0 Å². The average molecular weight is 276 g/mol. The van der Waals surface area contributed by atoms with E-state index in [2.05, 4.69) is 5.32 Å². The van der Waals surface area contributed by atoms with Crippen LogP contribution in [-0.4, -0.2) is 23.5 Å². The number of aromatic carboxylic acids is 1. The molecule has 0 radical (unpaired) electrons. The summed E-state index contributed by atoms with van der Waals surface area (Å²) >= 11 is 0. The van der Waals surface area contributed by atoms with Crippen molar-refractivity contribution in [1.82, 2.24) is 5.32 Å². The van der Waals surface area contributed by atoms with E-state index < -0.39 is 40.4 Å². The second-order valence-corrected chi connectivity index (χ2v) is 3.65. The first-order valence-electron chi connectivity index (χ1n) is 5.20. The highest BCUT2D eigenvalue weighted by Gasteiger charge is 2.33. The van der Waals surface area contributed by atoms with E-state index in [0.29, 0.717) is 12.1 Å². The van der Waals surface area contributed by atoms with Gasteiger partial charge >= 0.3 is 12.1 Å². The average Bonchev–Trinajstić information content (AvgIpc) is 2.26. The second kappa shape index (κ2) is 5.17. The Morgan fingerprint density at radius 2 is 1.95 bits per heavy atom. The molecule has 0 saturated heterocycles. The Bertz CT molecular complexity index is 527. The van der Waals surface area contributed by atoms with Crippen LogP contribution in [0, 0.1) is 0 Å². The van der Waals surface area contributed by atoms with Crippen molar-refractivity contribution in [3.63, 3.8) is 0 Å². The van der Waals surface area contributed by atoms with Crippen LogP contribution in [0.15, 0.2) is 12.1 Å². The first kappa shape index (κ1) is 14.8. The Balaban J connectivity index is 3.48. The van der Waals surface area contributed by atoms with Crippen molar-refractivity contribution in [2.24, 2.45) is 0 Å². The molecule has 4 N–H and O–H groups in total. The molecule has 0 aliphatic rings. The summed E-state index contributed by atoms with van der Waals surface area (Å²) < 4.78 is 37.6. The van der Waals surface area contributed by atoms with Crippen molar-refractivity contribution in [2.75, 3.05) is 12.3 Å². The Hall–Kier alpha value is -2.25. The number of carbonyl (C=O) groups excluding carboxylic acids is 1. The predicted octanol–water partition coefficient (Wildman–Crippen LogP) is 1.74. The number of carboxylic acids is 1. The Morgan fingerprint density at radius 3 is 2.37 bits per heavy atom. The molecule has 0 spiro atoms. The van der Waals surface area contributed by atoms with Crippen molar-refractivity contribution in [1.29, 1.82) is 0 Å². The van der Waals surface area contributed by atoms with Crippen LogP contribution in [0.5, 0.6) is 0 Å². The first-order chi connectivity index (χ1) is 8.68. The summed E-state index contributed by atoms with van der Waals surface area (Å²) in [4.78, 5) is 22.6. The number of benzene rings is 1. The fraction of sp³-hybridized carbons (Fsp3) is 0.273. The summed E-state index contributed by atoms with van der Waals surface area (Å²) in [5.74, 6) is -2.48. The third-order valence-electron chi connectivity index (χ3n) is 2.29. The number of carbonyl (C=O) groups is 2. The number of nitrogens with one attached hydrogen (secondary N) is 1. The molecule has 0 bridgehead atoms. The molecule has 5 nitrogen and oxygen atoms in total. The summed E-state index contributed by atoms with van der Waals surface area (Å²) in [6.07, 6.45) is -4.74. The Morgan fingerprint density at radius 1 is 1.37 bits per heavy atom. The summed E-state index contributed by atoms with van der Waals surface area (Å²) in [5, 5.41) is 11.2. The first-order valence-corrected chi connectivity index (χ1v) is 5.20. The number of carboxylic acid groups (broad SMARTS) is 1. The number of alkyl halides is 3. The van der Waals surface area contributed by atoms with Gasteiger partial charge in [-0.05, 0) is 19.1 Å². The minimum atomic E-state index is -4.74. The Kier molecular flexibility index (Phi) is 4.03. The van der Waals surface area contributed by atoms with Crippen LogP contribution >= 0.6 is 0 Å². The van der Waals surface area contributed by atoms with E-state index in [1.54, 1.807) is 6.92 Å². The highest BCUT2D eigenvalue weighted by molar-refractivity contribution is 6.08. The summed E-state index contributed by atoms with van der Waals surface area (Å²) in [6, 6.07) is 0.931. The van der Waals surface area contributed by atoms with Gasteiger partial charge in [-0.25, -0.2) is 4.79 Å². The number of hydrogen-bond acceptors (Lipinski definition) is 3. The number of nitrogens with two attached hydrogens (primary N) is 1. The zero-order valence-electron chi connectivity index (χ0n) is 9.84. The molecule has 0 saturated carbocycles. The van der Waals surface area contributed by atoms with E-state index in [0.717, 1.165) is 0 Å². The van der Waals surface area contributed by atoms with Gasteiger partial charge in [-0.3, -0.25) is 4.79 Å². The van der Waals surface area contributed by atoms with Crippen LogP contribution < -0.4 is 11.1 Å². The Labute approximate surface area is 106 Å². The van der Waals surface area contributed by atoms with E-state index in [1.807, 2.05) is 0 Å². The third kappa shape index (κ3) is 3.15. The van der Waals surface area contributed by atoms with Gasteiger partial charge in [-0.15, -0.1) is 0 Å². The van der Waals surface area contributed by atoms with Crippen molar-refractivity contribution in [3.8, 4) is 0 Å². The largest absolute Gasteiger partial charge is 0.478 e. The lowest BCUT2D eigenvalue weighted by molar-refractivity contribution is -0.137. The molecule has 1 amide bonds. The molecule has 8 heteroatoms. The highest BCUT2D eigenvalue weighted by Crippen LogP contribution is 2.33. The van der Waals surface area contributed by atoms with E-state index >= 15 is 0 Å². The lowest BCUT2D eigenvalue weighted by Crippen LogP contribution is -2.26. The van der Waals surface area contributed by atoms with Crippen molar-refractivity contribution in [3.05, 3.63) is 28.8 Å². The number of amides is 1. The third-order valence-corrected chi connectivity index (χ3v) is 2.29. The lowest BCUT2D eigenvalue weighted by Gasteiger charge is -2.13. The van der Waals surface area contributed by atoms with Gasteiger partial charge in [0.25, 0.3) is 5.91 Å². The van der Waals surface area contributed by atoms with Gasteiger partial charge in [0.05, 0.1) is 16.7 Å². The maximum Gasteiger partial charge on any atom is 0.416 e. The second-order valence-electron chi connectivity index (χ2n) is 3.65. The van der Waals surface area contributed by atoms with Gasteiger partial charge in [0.2, 0.25) is 0 Å². The quantitative estimate of drug-likeness (QED) is 0.733. The maximum absolute atomic E-state index is 12.5. The number of nitrogen functional groups attached to an aromatic ring is 1. The van der Waals surface area contributed by atoms with Crippen molar-refractivity contribution in [2.45, 2.75) is 13.1 Å². The topological polar surface area (TPSA) is 92.4 Å². The van der Waals surface area contributed by atoms with Gasteiger partial charge in [-0.2, -0.15) is 13.2 Å². The number of rotatable bonds is 3. The van der Waals surface area contributed by atoms with Crippen LogP contribution in [0.3, 0.4) is 0 Å². The monoisotopic (exact) mass is 276 g/mol. The zero-order chi connectivity index (χ0) is 14.8. The zero-order valence-corrected chi connectivity index (χ0v) is 9.84. The molecule has 0 atom stereocenters. The van der Waals surface area contributed by atoms with Gasteiger partial charge in [0.1, 0.15) is 0 Å². The number of anilines is 1. The molecular formula is C11H11F3N2O3. The molecule has 0 fully saturated rings. The molecule has 0 aromatic heterocycles. The van der Waals surface area contributed by atoms with Gasteiger partial charge in [0.15, 0.2) is 0 Å². The van der Waals surface area contributed by atoms with Crippen molar-refractivity contribution < 1.29 is 27.9 Å². The number of hydrogen-bond donors (Lipinski definition) is 3. The molecule has 104 valence electrons. The van der Waals surface area contributed by atoms with E-state index in [9.17, 15) is 22.8 Å². The van der Waals surface area contributed by atoms with Crippen molar-refractivity contribution >= 4 is 17.6 Å². The van der Waals surface area contributed by atoms with Crippen LogP contribution in [0.2, 0.25) is 0 Å². The fourth-order valence-corrected chi connectivity index (χ4v) is 1.50. The smallest absolute Gasteiger partial charge is 0.416 e. The standard InChI is InChI=1S/C11H11F3N2O3/c1-2-16-9(17)8-6(10(18)19)3-5(4-7(8)15)11(12,13)14/h3-4H,2,15H2,1H3,(H,16,17)(H,18,19). The molecule has 0 aliphatic heterocycles. The number of halogens is 3. The van der Waals surface area contributed by atoms with E-state index in [-0.39, 0.29) is 6.54 Å². The SMILES string of the molecule is CCNC(=O)c1c(N)cc(C(F)(F)F)cc1C(=O)O. The normalized spacial score (nSPS) is 11.2. The minimum Gasteiger partial charge on any atom is -0.478 e.